The minimum Gasteiger partial charge on any atom is -0.480 e. The summed E-state index contributed by atoms with van der Waals surface area (Å²) in [6.07, 6.45) is -0.729. The average molecular weight is 587 g/mol. The molecule has 7 nitrogen and oxygen atoms in total. The summed E-state index contributed by atoms with van der Waals surface area (Å²) < 4.78 is 20.1. The summed E-state index contributed by atoms with van der Waals surface area (Å²) in [6.45, 7) is 1.30. The van der Waals surface area contributed by atoms with Crippen LogP contribution in [0.5, 0.6) is 0 Å². The van der Waals surface area contributed by atoms with Gasteiger partial charge in [0.2, 0.25) is 5.91 Å². The molecule has 1 heterocycles. The maximum Gasteiger partial charge on any atom is 0.322 e. The van der Waals surface area contributed by atoms with Gasteiger partial charge in [0.05, 0.1) is 6.04 Å². The smallest absolute Gasteiger partial charge is 0.322 e. The summed E-state index contributed by atoms with van der Waals surface area (Å²) in [7, 11) is 0. The van der Waals surface area contributed by atoms with Crippen LogP contribution >= 0.6 is 23.2 Å². The Hall–Kier alpha value is -3.46. The fourth-order valence-corrected chi connectivity index (χ4v) is 5.19. The van der Waals surface area contributed by atoms with E-state index >= 15 is 0 Å². The van der Waals surface area contributed by atoms with Crippen LogP contribution in [0.25, 0.3) is 0 Å². The Morgan fingerprint density at radius 2 is 1.55 bits per heavy atom. The molecule has 0 aromatic heterocycles. The SMILES string of the molecule is CCC[C@@H](C(=O)NCC(=O)O)N1C(=O)[C@@H](Cc2ccc(F)cc2)O[C@H](c2ccc(Cl)cc2)[C@@H]1c1ccc(Cl)cc1. The molecule has 0 aliphatic carbocycles. The highest BCUT2D eigenvalue weighted by molar-refractivity contribution is 6.30. The zero-order valence-electron chi connectivity index (χ0n) is 21.7. The Kier molecular flexibility index (Phi) is 9.79. The van der Waals surface area contributed by atoms with Crippen molar-refractivity contribution < 1.29 is 28.6 Å². The Morgan fingerprint density at radius 1 is 0.975 bits per heavy atom. The summed E-state index contributed by atoms with van der Waals surface area (Å²) in [5.74, 6) is -2.60. The van der Waals surface area contributed by atoms with Gasteiger partial charge in [0.1, 0.15) is 30.6 Å². The van der Waals surface area contributed by atoms with Crippen LogP contribution in [0, 0.1) is 5.82 Å². The predicted octanol–water partition coefficient (Wildman–Crippen LogP) is 5.75. The molecule has 10 heteroatoms. The third-order valence-electron chi connectivity index (χ3n) is 6.79. The van der Waals surface area contributed by atoms with E-state index in [9.17, 15) is 18.8 Å². The number of rotatable bonds is 10. The second kappa shape index (κ2) is 13.3. The standard InChI is InChI=1S/C30H29Cl2FN2O5/c1-2-3-24(29(38)34-17-26(36)37)35-27(19-6-10-21(31)11-7-19)28(20-8-12-22(32)13-9-20)40-25(30(35)39)16-18-4-14-23(33)15-5-18/h4-15,24-25,27-28H,2-3,16-17H2,1H3,(H,34,38)(H,36,37)/t24-,25+,27-,28+/m0/s1. The van der Waals surface area contributed by atoms with Crippen LogP contribution in [0.15, 0.2) is 72.8 Å². The number of carboxylic acid groups (broad SMARTS) is 1. The van der Waals surface area contributed by atoms with E-state index in [0.717, 1.165) is 5.56 Å². The average Bonchev–Trinajstić information content (AvgIpc) is 2.93. The first kappa shape index (κ1) is 29.5. The van der Waals surface area contributed by atoms with E-state index in [1.165, 1.54) is 17.0 Å². The van der Waals surface area contributed by atoms with Crippen LogP contribution in [0.2, 0.25) is 10.0 Å². The van der Waals surface area contributed by atoms with Gasteiger partial charge in [-0.15, -0.1) is 0 Å². The molecule has 1 aliphatic heterocycles. The largest absolute Gasteiger partial charge is 0.480 e. The summed E-state index contributed by atoms with van der Waals surface area (Å²) in [4.78, 5) is 40.4. The molecular formula is C30H29Cl2FN2O5. The van der Waals surface area contributed by atoms with Gasteiger partial charge in [-0.25, -0.2) is 4.39 Å². The summed E-state index contributed by atoms with van der Waals surface area (Å²) in [6, 6.07) is 18.1. The van der Waals surface area contributed by atoms with Gasteiger partial charge in [0.15, 0.2) is 0 Å². The Bertz CT molecular complexity index is 1340. The van der Waals surface area contributed by atoms with Crippen molar-refractivity contribution in [2.75, 3.05) is 6.54 Å². The Morgan fingerprint density at radius 3 is 2.10 bits per heavy atom. The fourth-order valence-electron chi connectivity index (χ4n) is 4.94. The van der Waals surface area contributed by atoms with Gasteiger partial charge in [-0.05, 0) is 59.5 Å². The first-order chi connectivity index (χ1) is 19.2. The molecule has 0 saturated carbocycles. The van der Waals surface area contributed by atoms with E-state index in [-0.39, 0.29) is 12.8 Å². The van der Waals surface area contributed by atoms with Gasteiger partial charge in [-0.2, -0.15) is 0 Å². The quantitative estimate of drug-likeness (QED) is 0.315. The zero-order valence-corrected chi connectivity index (χ0v) is 23.2. The topological polar surface area (TPSA) is 95.9 Å². The molecule has 2 amide bonds. The zero-order chi connectivity index (χ0) is 28.8. The molecular weight excluding hydrogens is 558 g/mol. The highest BCUT2D eigenvalue weighted by Crippen LogP contribution is 2.44. The third-order valence-corrected chi connectivity index (χ3v) is 7.29. The number of benzene rings is 3. The lowest BCUT2D eigenvalue weighted by Gasteiger charge is -2.47. The third kappa shape index (κ3) is 6.99. The number of hydrogen-bond acceptors (Lipinski definition) is 4. The minimum absolute atomic E-state index is 0.141. The van der Waals surface area contributed by atoms with Crippen LogP contribution in [-0.2, 0) is 25.5 Å². The molecule has 4 rings (SSSR count). The maximum absolute atomic E-state index is 14.2. The first-order valence-corrected chi connectivity index (χ1v) is 13.7. The summed E-state index contributed by atoms with van der Waals surface area (Å²) >= 11 is 12.3. The number of morpholine rings is 1. The summed E-state index contributed by atoms with van der Waals surface area (Å²) in [5, 5.41) is 12.6. The number of carbonyl (C=O) groups is 3. The van der Waals surface area contributed by atoms with Crippen molar-refractivity contribution >= 4 is 41.0 Å². The van der Waals surface area contributed by atoms with Gasteiger partial charge in [0.25, 0.3) is 5.91 Å². The van der Waals surface area contributed by atoms with Crippen molar-refractivity contribution in [3.05, 3.63) is 105 Å². The molecule has 4 atom stereocenters. The normalized spacial score (nSPS) is 19.8. The van der Waals surface area contributed by atoms with Gasteiger partial charge in [0, 0.05) is 16.5 Å². The van der Waals surface area contributed by atoms with E-state index in [4.69, 9.17) is 33.0 Å². The predicted molar refractivity (Wildman–Crippen MR) is 150 cm³/mol. The highest BCUT2D eigenvalue weighted by atomic mass is 35.5. The van der Waals surface area contributed by atoms with Crippen molar-refractivity contribution in [3.63, 3.8) is 0 Å². The second-order valence-corrected chi connectivity index (χ2v) is 10.5. The van der Waals surface area contributed by atoms with E-state index in [0.29, 0.717) is 27.6 Å². The summed E-state index contributed by atoms with van der Waals surface area (Å²) in [5.41, 5.74) is 2.10. The molecule has 1 aliphatic rings. The number of nitrogens with one attached hydrogen (secondary N) is 1. The number of nitrogens with zero attached hydrogens (tertiary/aromatic N) is 1. The lowest BCUT2D eigenvalue weighted by atomic mass is 9.88. The van der Waals surface area contributed by atoms with Gasteiger partial charge in [-0.1, -0.05) is 72.9 Å². The maximum atomic E-state index is 14.2. The molecule has 3 aromatic rings. The van der Waals surface area contributed by atoms with Crippen molar-refractivity contribution in [2.45, 2.75) is 50.5 Å². The second-order valence-electron chi connectivity index (χ2n) is 9.59. The van der Waals surface area contributed by atoms with E-state index in [1.54, 1.807) is 60.7 Å². The number of halogens is 3. The number of carboxylic acids is 1. The number of amides is 2. The highest BCUT2D eigenvalue weighted by Gasteiger charge is 2.48. The monoisotopic (exact) mass is 586 g/mol. The van der Waals surface area contributed by atoms with Crippen LogP contribution in [-0.4, -0.2) is 46.5 Å². The molecule has 40 heavy (non-hydrogen) atoms. The van der Waals surface area contributed by atoms with Crippen molar-refractivity contribution in [2.24, 2.45) is 0 Å². The minimum atomic E-state index is -1.20. The fraction of sp³-hybridized carbons (Fsp3) is 0.300. The van der Waals surface area contributed by atoms with E-state index < -0.39 is 54.4 Å². The number of ether oxygens (including phenoxy) is 1. The van der Waals surface area contributed by atoms with Crippen molar-refractivity contribution in [1.29, 1.82) is 0 Å². The van der Waals surface area contributed by atoms with Crippen LogP contribution in [0.4, 0.5) is 4.39 Å². The molecule has 1 saturated heterocycles. The number of hydrogen-bond donors (Lipinski definition) is 2. The lowest BCUT2D eigenvalue weighted by molar-refractivity contribution is -0.181. The molecule has 0 unspecified atom stereocenters. The molecule has 0 spiro atoms. The lowest BCUT2D eigenvalue weighted by Crippen LogP contribution is -2.59. The van der Waals surface area contributed by atoms with E-state index in [1.807, 2.05) is 6.92 Å². The Labute approximate surface area is 241 Å². The van der Waals surface area contributed by atoms with E-state index in [2.05, 4.69) is 5.32 Å². The van der Waals surface area contributed by atoms with Gasteiger partial charge in [-0.3, -0.25) is 14.4 Å². The van der Waals surface area contributed by atoms with Gasteiger partial charge >= 0.3 is 5.97 Å². The van der Waals surface area contributed by atoms with Crippen LogP contribution in [0.3, 0.4) is 0 Å². The molecule has 1 fully saturated rings. The van der Waals surface area contributed by atoms with Crippen LogP contribution < -0.4 is 5.32 Å². The van der Waals surface area contributed by atoms with Crippen molar-refractivity contribution in [1.82, 2.24) is 10.2 Å². The van der Waals surface area contributed by atoms with Crippen molar-refractivity contribution in [3.8, 4) is 0 Å². The Balaban J connectivity index is 1.84. The van der Waals surface area contributed by atoms with Gasteiger partial charge < -0.3 is 20.1 Å². The molecule has 3 aromatic carbocycles. The molecule has 2 N–H and O–H groups in total. The molecule has 210 valence electrons. The first-order valence-electron chi connectivity index (χ1n) is 12.9. The molecule has 0 radical (unpaired) electrons. The number of carbonyl (C=O) groups excluding carboxylic acids is 2. The van der Waals surface area contributed by atoms with Crippen LogP contribution in [0.1, 0.15) is 48.6 Å². The molecule has 0 bridgehead atoms. The number of aliphatic carboxylic acids is 1.